The predicted molar refractivity (Wildman–Crippen MR) is 160 cm³/mol. The molecule has 3 aromatic rings. The Kier molecular flexibility index (Phi) is 13.4. The highest BCUT2D eigenvalue weighted by Gasteiger charge is 2.17. The number of carbonyl (C=O) groups is 2. The van der Waals surface area contributed by atoms with E-state index in [0.717, 1.165) is 83.1 Å². The number of unbranched alkanes of at least 4 members (excludes halogenated alkanes) is 6. The summed E-state index contributed by atoms with van der Waals surface area (Å²) in [5.41, 5.74) is 0. The molecule has 0 aromatic heterocycles. The van der Waals surface area contributed by atoms with Crippen molar-refractivity contribution in [3.63, 3.8) is 0 Å². The van der Waals surface area contributed by atoms with Gasteiger partial charge >= 0.3 is 11.9 Å². The van der Waals surface area contributed by atoms with E-state index < -0.39 is 0 Å². The Hall–Kier alpha value is -2.80. The highest BCUT2D eigenvalue weighted by atomic mass is 79.9. The molecule has 0 atom stereocenters. The van der Waals surface area contributed by atoms with Crippen molar-refractivity contribution in [2.24, 2.45) is 0 Å². The molecule has 39 heavy (non-hydrogen) atoms. The standard InChI is InChI=1S/C32H41BrO6/c1-3-5-7-9-15-29(34)36-19-21-38-31-25-13-11-12-14-26(25)32(28-23-24(33)17-18-27(28)31)39-22-20-37-30(35)16-10-8-6-4-2/h11-14,17-18,23H,3-10,15-16,19-22H2,1-2H3. The van der Waals surface area contributed by atoms with Crippen molar-refractivity contribution < 1.29 is 28.5 Å². The molecule has 0 saturated carbocycles. The molecule has 0 bridgehead atoms. The highest BCUT2D eigenvalue weighted by molar-refractivity contribution is 9.10. The second-order valence-corrected chi connectivity index (χ2v) is 10.6. The summed E-state index contributed by atoms with van der Waals surface area (Å²) in [5, 5.41) is 3.58. The van der Waals surface area contributed by atoms with E-state index >= 15 is 0 Å². The minimum absolute atomic E-state index is 0.182. The SMILES string of the molecule is CCCCCCC(=O)OCCOc1c2ccccc2c(OCCOC(=O)CCCCCC)c2cc(Br)ccc12. The molecular formula is C32H41BrO6. The van der Waals surface area contributed by atoms with Gasteiger partial charge in [0.15, 0.2) is 0 Å². The molecule has 7 heteroatoms. The van der Waals surface area contributed by atoms with Crippen LogP contribution in [0.3, 0.4) is 0 Å². The lowest BCUT2D eigenvalue weighted by molar-refractivity contribution is -0.145. The van der Waals surface area contributed by atoms with Crippen molar-refractivity contribution >= 4 is 49.4 Å². The Balaban J connectivity index is 1.68. The molecular weight excluding hydrogens is 560 g/mol. The molecule has 0 fully saturated rings. The molecule has 212 valence electrons. The summed E-state index contributed by atoms with van der Waals surface area (Å²) in [6.45, 7) is 5.19. The van der Waals surface area contributed by atoms with Crippen molar-refractivity contribution in [2.75, 3.05) is 26.4 Å². The summed E-state index contributed by atoms with van der Waals surface area (Å²) < 4.78 is 24.1. The molecule has 3 rings (SSSR count). The van der Waals surface area contributed by atoms with Crippen LogP contribution in [-0.2, 0) is 19.1 Å². The first kappa shape index (κ1) is 30.7. The summed E-state index contributed by atoms with van der Waals surface area (Å²) in [5.74, 6) is 1.07. The molecule has 0 aliphatic carbocycles. The lowest BCUT2D eigenvalue weighted by Gasteiger charge is -2.18. The zero-order valence-corrected chi connectivity index (χ0v) is 24.9. The van der Waals surface area contributed by atoms with Crippen LogP contribution in [0.5, 0.6) is 11.5 Å². The number of halogens is 1. The fourth-order valence-corrected chi connectivity index (χ4v) is 4.88. The van der Waals surface area contributed by atoms with Crippen LogP contribution in [0, 0.1) is 0 Å². The first-order chi connectivity index (χ1) is 19.0. The van der Waals surface area contributed by atoms with Crippen LogP contribution in [0.4, 0.5) is 0 Å². The van der Waals surface area contributed by atoms with E-state index in [-0.39, 0.29) is 38.4 Å². The van der Waals surface area contributed by atoms with Gasteiger partial charge in [-0.3, -0.25) is 9.59 Å². The van der Waals surface area contributed by atoms with Crippen molar-refractivity contribution in [3.8, 4) is 11.5 Å². The van der Waals surface area contributed by atoms with Gasteiger partial charge in [-0.05, 0) is 31.0 Å². The number of esters is 2. The van der Waals surface area contributed by atoms with E-state index in [1.807, 2.05) is 42.5 Å². The molecule has 0 aliphatic rings. The van der Waals surface area contributed by atoms with Gasteiger partial charge in [0.1, 0.15) is 37.9 Å². The lowest BCUT2D eigenvalue weighted by Crippen LogP contribution is -2.13. The second-order valence-electron chi connectivity index (χ2n) is 9.65. The second kappa shape index (κ2) is 17.0. The third-order valence-corrected chi connectivity index (χ3v) is 7.03. The highest BCUT2D eigenvalue weighted by Crippen LogP contribution is 2.43. The molecule has 0 unspecified atom stereocenters. The smallest absolute Gasteiger partial charge is 0.305 e. The Morgan fingerprint density at radius 3 is 1.62 bits per heavy atom. The van der Waals surface area contributed by atoms with Crippen LogP contribution >= 0.6 is 15.9 Å². The normalized spacial score (nSPS) is 11.1. The summed E-state index contributed by atoms with van der Waals surface area (Å²) in [6.07, 6.45) is 9.24. The van der Waals surface area contributed by atoms with Gasteiger partial charge in [0.2, 0.25) is 0 Å². The monoisotopic (exact) mass is 600 g/mol. The van der Waals surface area contributed by atoms with Gasteiger partial charge in [-0.25, -0.2) is 0 Å². The maximum absolute atomic E-state index is 12.0. The van der Waals surface area contributed by atoms with Crippen molar-refractivity contribution in [1.29, 1.82) is 0 Å². The largest absolute Gasteiger partial charge is 0.489 e. The van der Waals surface area contributed by atoms with Gasteiger partial charge in [0.25, 0.3) is 0 Å². The Morgan fingerprint density at radius 2 is 1.10 bits per heavy atom. The van der Waals surface area contributed by atoms with E-state index in [9.17, 15) is 9.59 Å². The maximum atomic E-state index is 12.0. The van der Waals surface area contributed by atoms with Crippen LogP contribution in [0.1, 0.15) is 78.1 Å². The van der Waals surface area contributed by atoms with E-state index in [4.69, 9.17) is 18.9 Å². The first-order valence-corrected chi connectivity index (χ1v) is 15.0. The first-order valence-electron chi connectivity index (χ1n) is 14.3. The number of fused-ring (bicyclic) bond motifs is 2. The predicted octanol–water partition coefficient (Wildman–Crippen LogP) is 8.54. The Bertz CT molecular complexity index is 1210. The molecule has 0 radical (unpaired) electrons. The molecule has 3 aromatic carbocycles. The topological polar surface area (TPSA) is 71.1 Å². The molecule has 6 nitrogen and oxygen atoms in total. The number of carbonyl (C=O) groups excluding carboxylic acids is 2. The summed E-state index contributed by atoms with van der Waals surface area (Å²) in [4.78, 5) is 24.1. The van der Waals surface area contributed by atoms with E-state index in [2.05, 4.69) is 29.8 Å². The van der Waals surface area contributed by atoms with Gasteiger partial charge in [-0.15, -0.1) is 0 Å². The van der Waals surface area contributed by atoms with Crippen LogP contribution in [0.25, 0.3) is 21.5 Å². The summed E-state index contributed by atoms with van der Waals surface area (Å²) in [6, 6.07) is 13.9. The number of hydrogen-bond acceptors (Lipinski definition) is 6. The Labute approximate surface area is 240 Å². The number of ether oxygens (including phenoxy) is 4. The van der Waals surface area contributed by atoms with E-state index in [1.54, 1.807) is 0 Å². The Morgan fingerprint density at radius 1 is 0.615 bits per heavy atom. The number of benzene rings is 3. The zero-order valence-electron chi connectivity index (χ0n) is 23.3. The van der Waals surface area contributed by atoms with Gasteiger partial charge in [0.05, 0.1) is 0 Å². The quantitative estimate of drug-likeness (QED) is 0.0827. The fraction of sp³-hybridized carbons (Fsp3) is 0.500. The lowest BCUT2D eigenvalue weighted by atomic mass is 10.0. The van der Waals surface area contributed by atoms with E-state index in [1.165, 1.54) is 0 Å². The molecule has 0 N–H and O–H groups in total. The third kappa shape index (κ3) is 9.71. The van der Waals surface area contributed by atoms with E-state index in [0.29, 0.717) is 18.6 Å². The van der Waals surface area contributed by atoms with Crippen LogP contribution in [0.2, 0.25) is 0 Å². The van der Waals surface area contributed by atoms with Crippen molar-refractivity contribution in [1.82, 2.24) is 0 Å². The molecule has 0 aliphatic heterocycles. The van der Waals surface area contributed by atoms with Gasteiger partial charge in [-0.2, -0.15) is 0 Å². The van der Waals surface area contributed by atoms with Gasteiger partial charge < -0.3 is 18.9 Å². The summed E-state index contributed by atoms with van der Waals surface area (Å²) in [7, 11) is 0. The van der Waals surface area contributed by atoms with Crippen molar-refractivity contribution in [3.05, 3.63) is 46.9 Å². The molecule has 0 heterocycles. The average molecular weight is 602 g/mol. The number of rotatable bonds is 18. The zero-order chi connectivity index (χ0) is 27.9. The van der Waals surface area contributed by atoms with Crippen LogP contribution in [0.15, 0.2) is 46.9 Å². The van der Waals surface area contributed by atoms with Crippen LogP contribution in [-0.4, -0.2) is 38.4 Å². The third-order valence-electron chi connectivity index (χ3n) is 6.54. The minimum atomic E-state index is -0.183. The fourth-order valence-electron chi connectivity index (χ4n) is 4.52. The number of hydrogen-bond donors (Lipinski definition) is 0. The van der Waals surface area contributed by atoms with Crippen LogP contribution < -0.4 is 9.47 Å². The summed E-state index contributed by atoms with van der Waals surface area (Å²) >= 11 is 3.58. The van der Waals surface area contributed by atoms with Gasteiger partial charge in [-0.1, -0.05) is 92.6 Å². The average Bonchev–Trinajstić information content (AvgIpc) is 2.94. The van der Waals surface area contributed by atoms with Crippen molar-refractivity contribution in [2.45, 2.75) is 78.1 Å². The van der Waals surface area contributed by atoms with Gasteiger partial charge in [0, 0.05) is 38.9 Å². The minimum Gasteiger partial charge on any atom is -0.489 e. The molecule has 0 saturated heterocycles. The molecule has 0 spiro atoms. The molecule has 0 amide bonds. The maximum Gasteiger partial charge on any atom is 0.305 e.